The molecule has 0 amide bonds. The van der Waals surface area contributed by atoms with E-state index >= 15 is 0 Å². The average Bonchev–Trinajstić information content (AvgIpc) is 3.13. The molecule has 31 heavy (non-hydrogen) atoms. The molecule has 0 saturated carbocycles. The Morgan fingerprint density at radius 1 is 0.968 bits per heavy atom. The summed E-state index contributed by atoms with van der Waals surface area (Å²) in [7, 11) is 0. The Kier molecular flexibility index (Phi) is 8.54. The average molecular weight is 526 g/mol. The van der Waals surface area contributed by atoms with Crippen LogP contribution in [-0.2, 0) is 0 Å². The Morgan fingerprint density at radius 2 is 1.61 bits per heavy atom. The number of aromatic nitrogens is 2. The zero-order chi connectivity index (χ0) is 22.3. The molecule has 0 fully saturated rings. The summed E-state index contributed by atoms with van der Waals surface area (Å²) in [6, 6.07) is 13.3. The van der Waals surface area contributed by atoms with E-state index in [2.05, 4.69) is 36.4 Å². The number of hydrogen-bond donors (Lipinski definition) is 0. The molecule has 3 aromatic rings. The molecule has 2 heterocycles. The molecule has 0 aliphatic heterocycles. The standard InChI is InChI=1S/C14H7FN3.3C4H9.Sn/c15-11-4-5-13-12(7-11)10(8-16)9-18(13)14-3-1-2-6-17-14;3*1-3-4-2;/h1-7H;3*1,3-4H2,2H3;. The number of hydrogen-bond acceptors (Lipinski definition) is 2. The Labute approximate surface area is 190 Å². The van der Waals surface area contributed by atoms with Crippen LogP contribution < -0.4 is 3.71 Å². The molecule has 0 aliphatic rings. The van der Waals surface area contributed by atoms with Gasteiger partial charge in [0.1, 0.15) is 0 Å². The summed E-state index contributed by atoms with van der Waals surface area (Å²) in [5.41, 5.74) is 1.62. The molecule has 3 rings (SSSR count). The maximum absolute atomic E-state index is 14.3. The number of pyridine rings is 1. The van der Waals surface area contributed by atoms with Crippen LogP contribution in [0, 0.1) is 17.1 Å². The second-order valence-electron chi connectivity index (χ2n) is 8.61. The van der Waals surface area contributed by atoms with Crippen molar-refractivity contribution in [1.82, 2.24) is 9.55 Å². The normalized spacial score (nSPS) is 11.7. The van der Waals surface area contributed by atoms with Crippen molar-refractivity contribution < 1.29 is 4.39 Å². The van der Waals surface area contributed by atoms with Crippen molar-refractivity contribution in [3.05, 3.63) is 54.0 Å². The van der Waals surface area contributed by atoms with Crippen LogP contribution in [0.3, 0.4) is 0 Å². The first-order valence-electron chi connectivity index (χ1n) is 11.8. The zero-order valence-electron chi connectivity index (χ0n) is 19.1. The molecule has 5 heteroatoms. The number of fused-ring (bicyclic) bond motifs is 1. The van der Waals surface area contributed by atoms with Gasteiger partial charge in [0.25, 0.3) is 0 Å². The summed E-state index contributed by atoms with van der Waals surface area (Å²) in [4.78, 5) is 4.68. The molecular weight excluding hydrogens is 492 g/mol. The van der Waals surface area contributed by atoms with Crippen LogP contribution in [0.15, 0.2) is 42.6 Å². The van der Waals surface area contributed by atoms with E-state index in [0.717, 1.165) is 36.0 Å². The van der Waals surface area contributed by atoms with Crippen LogP contribution in [0.5, 0.6) is 0 Å². The molecule has 0 N–H and O–H groups in total. The molecule has 0 spiro atoms. The minimum atomic E-state index is -3.04. The third-order valence-electron chi connectivity index (χ3n) is 6.45. The fraction of sp³-hybridized carbons (Fsp3) is 0.462. The molecule has 0 bridgehead atoms. The number of benzene rings is 1. The summed E-state index contributed by atoms with van der Waals surface area (Å²) in [6.45, 7) is 6.77. The van der Waals surface area contributed by atoms with E-state index in [9.17, 15) is 9.65 Å². The predicted octanol–water partition coefficient (Wildman–Crippen LogP) is 7.09. The summed E-state index contributed by atoms with van der Waals surface area (Å²) >= 11 is -3.04. The van der Waals surface area contributed by atoms with E-state index in [1.807, 2.05) is 30.5 Å². The van der Waals surface area contributed by atoms with Crippen molar-refractivity contribution in [2.24, 2.45) is 0 Å². The third-order valence-corrected chi connectivity index (χ3v) is 21.9. The second-order valence-corrected chi connectivity index (χ2v) is 21.6. The molecular formula is C26H34FN3Sn. The van der Waals surface area contributed by atoms with Gasteiger partial charge in [-0.05, 0) is 0 Å². The van der Waals surface area contributed by atoms with Gasteiger partial charge in [-0.25, -0.2) is 0 Å². The zero-order valence-corrected chi connectivity index (χ0v) is 22.0. The third kappa shape index (κ3) is 4.98. The second kappa shape index (κ2) is 11.1. The number of nitrogens with zero attached hydrogens (tertiary/aromatic N) is 3. The molecule has 0 unspecified atom stereocenters. The van der Waals surface area contributed by atoms with Gasteiger partial charge in [0, 0.05) is 0 Å². The van der Waals surface area contributed by atoms with E-state index in [0.29, 0.717) is 5.56 Å². The SMILES string of the molecule is CCC[CH2][Sn]([CH2]CCC)([CH2]CCC)[c]1c(C#N)c2cc(F)ccc2n1-c1ccccn1. The van der Waals surface area contributed by atoms with Gasteiger partial charge in [-0.15, -0.1) is 0 Å². The van der Waals surface area contributed by atoms with Gasteiger partial charge >= 0.3 is 191 Å². The van der Waals surface area contributed by atoms with Gasteiger partial charge < -0.3 is 0 Å². The van der Waals surface area contributed by atoms with E-state index < -0.39 is 18.4 Å². The molecule has 0 aliphatic carbocycles. The molecule has 0 radical (unpaired) electrons. The Balaban J connectivity index is 2.40. The number of halogens is 1. The van der Waals surface area contributed by atoms with Crippen molar-refractivity contribution in [2.75, 3.05) is 0 Å². The molecule has 2 aromatic heterocycles. The fourth-order valence-electron chi connectivity index (χ4n) is 4.88. The first kappa shape index (κ1) is 23.8. The monoisotopic (exact) mass is 527 g/mol. The number of unbranched alkanes of at least 4 members (excludes halogenated alkanes) is 3. The van der Waals surface area contributed by atoms with Crippen molar-refractivity contribution in [3.8, 4) is 11.9 Å². The summed E-state index contributed by atoms with van der Waals surface area (Å²) in [5.74, 6) is 0.561. The predicted molar refractivity (Wildman–Crippen MR) is 130 cm³/mol. The Bertz CT molecular complexity index is 1010. The Hall–Kier alpha value is -1.87. The van der Waals surface area contributed by atoms with Gasteiger partial charge in [-0.1, -0.05) is 0 Å². The molecule has 164 valence electrons. The van der Waals surface area contributed by atoms with E-state index in [1.54, 1.807) is 6.07 Å². The number of nitriles is 1. The van der Waals surface area contributed by atoms with Crippen LogP contribution in [-0.4, -0.2) is 27.9 Å². The first-order chi connectivity index (χ1) is 15.1. The van der Waals surface area contributed by atoms with Crippen LogP contribution in [0.2, 0.25) is 13.3 Å². The topological polar surface area (TPSA) is 41.6 Å². The molecule has 3 nitrogen and oxygen atoms in total. The van der Waals surface area contributed by atoms with E-state index in [1.165, 1.54) is 42.3 Å². The van der Waals surface area contributed by atoms with Crippen molar-refractivity contribution in [3.63, 3.8) is 0 Å². The van der Waals surface area contributed by atoms with Gasteiger partial charge in [-0.2, -0.15) is 0 Å². The van der Waals surface area contributed by atoms with Gasteiger partial charge in [-0.3, -0.25) is 0 Å². The quantitative estimate of drug-likeness (QED) is 0.251. The molecule has 0 atom stereocenters. The summed E-state index contributed by atoms with van der Waals surface area (Å²) in [6.07, 6.45) is 8.90. The first-order valence-corrected chi connectivity index (χ1v) is 19.3. The van der Waals surface area contributed by atoms with Gasteiger partial charge in [0.2, 0.25) is 0 Å². The molecule has 0 saturated heterocycles. The van der Waals surface area contributed by atoms with E-state index in [-0.39, 0.29) is 5.82 Å². The van der Waals surface area contributed by atoms with Crippen molar-refractivity contribution in [2.45, 2.75) is 72.6 Å². The van der Waals surface area contributed by atoms with Gasteiger partial charge in [0.05, 0.1) is 0 Å². The summed E-state index contributed by atoms with van der Waals surface area (Å²) < 4.78 is 21.5. The fourth-order valence-corrected chi connectivity index (χ4v) is 22.0. The van der Waals surface area contributed by atoms with Crippen molar-refractivity contribution in [1.29, 1.82) is 5.26 Å². The van der Waals surface area contributed by atoms with Crippen LogP contribution in [0.25, 0.3) is 16.7 Å². The Morgan fingerprint density at radius 3 is 2.13 bits per heavy atom. The van der Waals surface area contributed by atoms with Crippen LogP contribution in [0.4, 0.5) is 4.39 Å². The molecule has 1 aromatic carbocycles. The van der Waals surface area contributed by atoms with Crippen LogP contribution >= 0.6 is 0 Å². The van der Waals surface area contributed by atoms with Gasteiger partial charge in [0.15, 0.2) is 0 Å². The number of rotatable bonds is 11. The van der Waals surface area contributed by atoms with Crippen LogP contribution in [0.1, 0.15) is 64.9 Å². The van der Waals surface area contributed by atoms with Crippen molar-refractivity contribution >= 4 is 33.0 Å². The summed E-state index contributed by atoms with van der Waals surface area (Å²) in [5, 5.41) is 11.1. The van der Waals surface area contributed by atoms with E-state index in [4.69, 9.17) is 0 Å². The maximum atomic E-state index is 14.3. The minimum absolute atomic E-state index is 0.287.